The van der Waals surface area contributed by atoms with Gasteiger partial charge in [0.1, 0.15) is 11.5 Å². The van der Waals surface area contributed by atoms with Crippen LogP contribution in [0.25, 0.3) is 0 Å². The number of benzene rings is 2. The van der Waals surface area contributed by atoms with E-state index in [1.807, 2.05) is 24.3 Å². The van der Waals surface area contributed by atoms with E-state index in [-0.39, 0.29) is 17.8 Å². The highest BCUT2D eigenvalue weighted by molar-refractivity contribution is 9.10. The Kier molecular flexibility index (Phi) is 5.12. The summed E-state index contributed by atoms with van der Waals surface area (Å²) in [7, 11) is 1.61. The molecule has 0 radical (unpaired) electrons. The summed E-state index contributed by atoms with van der Waals surface area (Å²) in [5.41, 5.74) is 1.58. The van der Waals surface area contributed by atoms with E-state index < -0.39 is 6.61 Å². The third-order valence-corrected chi connectivity index (χ3v) is 5.11. The van der Waals surface area contributed by atoms with Gasteiger partial charge in [-0.2, -0.15) is 8.78 Å². The van der Waals surface area contributed by atoms with E-state index in [1.165, 1.54) is 6.07 Å². The Hall–Kier alpha value is -2.75. The van der Waals surface area contributed by atoms with Gasteiger partial charge in [0, 0.05) is 10.0 Å². The Labute approximate surface area is 167 Å². The summed E-state index contributed by atoms with van der Waals surface area (Å²) < 4.78 is 38.1. The standard InChI is InChI=1S/C18H16BrF2N5O2/c1-27-12-5-2-10(3-6-12)14-9-15(26-18(22-14)23-24-25-26)13-8-11(19)4-7-16(13)28-17(20)21/h2-8,14-15,17H,9H2,1H3,(H,22,23,25)/t14-,15-/m1/s1. The second kappa shape index (κ2) is 7.70. The molecule has 2 atom stereocenters. The van der Waals surface area contributed by atoms with Gasteiger partial charge in [0.05, 0.1) is 19.2 Å². The second-order valence-corrected chi connectivity index (χ2v) is 7.14. The van der Waals surface area contributed by atoms with Gasteiger partial charge in [-0.25, -0.2) is 4.68 Å². The number of ether oxygens (including phenoxy) is 2. The minimum Gasteiger partial charge on any atom is -0.497 e. The van der Waals surface area contributed by atoms with Gasteiger partial charge in [0.2, 0.25) is 5.95 Å². The Morgan fingerprint density at radius 3 is 2.71 bits per heavy atom. The zero-order valence-corrected chi connectivity index (χ0v) is 16.3. The lowest BCUT2D eigenvalue weighted by Gasteiger charge is -2.32. The van der Waals surface area contributed by atoms with Crippen molar-refractivity contribution in [2.45, 2.75) is 25.1 Å². The highest BCUT2D eigenvalue weighted by Gasteiger charge is 2.33. The van der Waals surface area contributed by atoms with E-state index in [0.717, 1.165) is 15.8 Å². The highest BCUT2D eigenvalue weighted by atomic mass is 79.9. The molecule has 146 valence electrons. The summed E-state index contributed by atoms with van der Waals surface area (Å²) in [6, 6.07) is 12.1. The van der Waals surface area contributed by atoms with Crippen LogP contribution in [0.2, 0.25) is 0 Å². The molecule has 1 aliphatic rings. The van der Waals surface area contributed by atoms with Crippen molar-refractivity contribution in [1.29, 1.82) is 0 Å². The number of hydrogen-bond donors (Lipinski definition) is 1. The molecule has 4 rings (SSSR count). The molecule has 10 heteroatoms. The Bertz CT molecular complexity index is 967. The second-order valence-electron chi connectivity index (χ2n) is 6.23. The summed E-state index contributed by atoms with van der Waals surface area (Å²) in [5, 5.41) is 15.1. The number of tetrazole rings is 1. The smallest absolute Gasteiger partial charge is 0.387 e. The molecule has 1 N–H and O–H groups in total. The van der Waals surface area contributed by atoms with Gasteiger partial charge in [-0.05, 0) is 52.7 Å². The Morgan fingerprint density at radius 1 is 1.21 bits per heavy atom. The van der Waals surface area contributed by atoms with Gasteiger partial charge >= 0.3 is 6.61 Å². The molecular weight excluding hydrogens is 436 g/mol. The van der Waals surface area contributed by atoms with E-state index in [9.17, 15) is 8.78 Å². The molecule has 0 unspecified atom stereocenters. The molecule has 0 saturated carbocycles. The number of alkyl halides is 2. The molecule has 2 heterocycles. The SMILES string of the molecule is COc1ccc([C@H]2C[C@H](c3cc(Br)ccc3OC(F)F)n3nnnc3N2)cc1. The molecule has 0 spiro atoms. The van der Waals surface area contributed by atoms with Crippen LogP contribution in [0.1, 0.15) is 29.6 Å². The quantitative estimate of drug-likeness (QED) is 0.626. The van der Waals surface area contributed by atoms with Gasteiger partial charge in [-0.1, -0.05) is 33.2 Å². The first-order valence-corrected chi connectivity index (χ1v) is 9.27. The first-order valence-electron chi connectivity index (χ1n) is 8.47. The van der Waals surface area contributed by atoms with Crippen LogP contribution < -0.4 is 14.8 Å². The average molecular weight is 452 g/mol. The monoisotopic (exact) mass is 451 g/mol. The zero-order chi connectivity index (χ0) is 19.7. The molecule has 0 fully saturated rings. The van der Waals surface area contributed by atoms with Crippen molar-refractivity contribution >= 4 is 21.9 Å². The number of anilines is 1. The summed E-state index contributed by atoms with van der Waals surface area (Å²) in [4.78, 5) is 0. The maximum absolute atomic E-state index is 12.9. The first-order chi connectivity index (χ1) is 13.5. The predicted octanol–water partition coefficient (Wildman–Crippen LogP) is 4.19. The fourth-order valence-corrected chi connectivity index (χ4v) is 3.71. The molecule has 7 nitrogen and oxygen atoms in total. The third-order valence-electron chi connectivity index (χ3n) is 4.62. The van der Waals surface area contributed by atoms with Crippen LogP contribution in [0.4, 0.5) is 14.7 Å². The largest absolute Gasteiger partial charge is 0.497 e. The third kappa shape index (κ3) is 3.64. The molecule has 1 aromatic heterocycles. The van der Waals surface area contributed by atoms with E-state index in [1.54, 1.807) is 23.9 Å². The van der Waals surface area contributed by atoms with E-state index in [0.29, 0.717) is 17.9 Å². The number of aromatic nitrogens is 4. The molecule has 0 amide bonds. The molecule has 0 aliphatic carbocycles. The lowest BCUT2D eigenvalue weighted by Crippen LogP contribution is -2.28. The molecule has 2 aromatic carbocycles. The van der Waals surface area contributed by atoms with E-state index >= 15 is 0 Å². The summed E-state index contributed by atoms with van der Waals surface area (Å²) in [5.74, 6) is 1.31. The number of nitrogens with zero attached hydrogens (tertiary/aromatic N) is 4. The van der Waals surface area contributed by atoms with Gasteiger partial charge in [0.15, 0.2) is 0 Å². The van der Waals surface area contributed by atoms with Crippen molar-refractivity contribution < 1.29 is 18.3 Å². The summed E-state index contributed by atoms with van der Waals surface area (Å²) >= 11 is 3.40. The summed E-state index contributed by atoms with van der Waals surface area (Å²) in [6.07, 6.45) is 0.542. The van der Waals surface area contributed by atoms with Crippen LogP contribution in [0.5, 0.6) is 11.5 Å². The van der Waals surface area contributed by atoms with Crippen molar-refractivity contribution in [3.05, 3.63) is 58.1 Å². The number of halogens is 3. The fourth-order valence-electron chi connectivity index (χ4n) is 3.33. The number of rotatable bonds is 5. The molecular formula is C18H16BrF2N5O2. The first kappa shape index (κ1) is 18.6. The van der Waals surface area contributed by atoms with Gasteiger partial charge in [0.25, 0.3) is 0 Å². The molecule has 28 heavy (non-hydrogen) atoms. The van der Waals surface area contributed by atoms with Crippen LogP contribution in [0.15, 0.2) is 46.9 Å². The van der Waals surface area contributed by atoms with Crippen LogP contribution in [-0.2, 0) is 0 Å². The van der Waals surface area contributed by atoms with Crippen molar-refractivity contribution in [2.24, 2.45) is 0 Å². The number of nitrogens with one attached hydrogen (secondary N) is 1. The topological polar surface area (TPSA) is 74.1 Å². The molecule has 1 aliphatic heterocycles. The van der Waals surface area contributed by atoms with Crippen molar-refractivity contribution in [1.82, 2.24) is 20.2 Å². The number of fused-ring (bicyclic) bond motifs is 1. The lowest BCUT2D eigenvalue weighted by atomic mass is 9.93. The van der Waals surface area contributed by atoms with Crippen molar-refractivity contribution in [2.75, 3.05) is 12.4 Å². The van der Waals surface area contributed by atoms with Crippen LogP contribution in [0, 0.1) is 0 Å². The van der Waals surface area contributed by atoms with Crippen LogP contribution in [-0.4, -0.2) is 33.9 Å². The zero-order valence-electron chi connectivity index (χ0n) is 14.7. The average Bonchev–Trinajstić information content (AvgIpc) is 3.17. The molecule has 3 aromatic rings. The minimum atomic E-state index is -2.92. The Balaban J connectivity index is 1.73. The van der Waals surface area contributed by atoms with Gasteiger partial charge in [-0.15, -0.1) is 0 Å². The van der Waals surface area contributed by atoms with Crippen molar-refractivity contribution in [3.63, 3.8) is 0 Å². The maximum Gasteiger partial charge on any atom is 0.387 e. The van der Waals surface area contributed by atoms with Crippen LogP contribution in [0.3, 0.4) is 0 Å². The molecule has 0 bridgehead atoms. The fraction of sp³-hybridized carbons (Fsp3) is 0.278. The van der Waals surface area contributed by atoms with E-state index in [2.05, 4.69) is 36.8 Å². The normalized spacial score (nSPS) is 18.5. The molecule has 0 saturated heterocycles. The Morgan fingerprint density at radius 2 is 2.00 bits per heavy atom. The number of hydrogen-bond acceptors (Lipinski definition) is 6. The lowest BCUT2D eigenvalue weighted by molar-refractivity contribution is -0.0508. The maximum atomic E-state index is 12.9. The van der Waals surface area contributed by atoms with Crippen molar-refractivity contribution in [3.8, 4) is 11.5 Å². The van der Waals surface area contributed by atoms with E-state index in [4.69, 9.17) is 9.47 Å². The highest BCUT2D eigenvalue weighted by Crippen LogP contribution is 2.41. The van der Waals surface area contributed by atoms with Crippen LogP contribution >= 0.6 is 15.9 Å². The summed E-state index contributed by atoms with van der Waals surface area (Å²) in [6.45, 7) is -2.92. The predicted molar refractivity (Wildman–Crippen MR) is 101 cm³/mol. The number of methoxy groups -OCH3 is 1. The van der Waals surface area contributed by atoms with Gasteiger partial charge in [-0.3, -0.25) is 0 Å². The minimum absolute atomic E-state index is 0.0973. The van der Waals surface area contributed by atoms with Gasteiger partial charge < -0.3 is 14.8 Å².